The summed E-state index contributed by atoms with van der Waals surface area (Å²) in [6.07, 6.45) is -0.288. The highest BCUT2D eigenvalue weighted by Crippen LogP contribution is 2.23. The van der Waals surface area contributed by atoms with E-state index in [2.05, 4.69) is 33.2 Å². The molecule has 1 aromatic carbocycles. The van der Waals surface area contributed by atoms with Crippen molar-refractivity contribution in [2.24, 2.45) is 0 Å². The number of carbonyl (C=O) groups excluding carboxylic acids is 2. The fourth-order valence-corrected chi connectivity index (χ4v) is 1.63. The highest BCUT2D eigenvalue weighted by Gasteiger charge is 2.12. The van der Waals surface area contributed by atoms with E-state index in [9.17, 15) is 9.59 Å². The summed E-state index contributed by atoms with van der Waals surface area (Å²) >= 11 is 2.13. The van der Waals surface area contributed by atoms with Crippen LogP contribution in [0.5, 0.6) is 0 Å². The molecule has 0 aliphatic carbocycles. The van der Waals surface area contributed by atoms with Crippen LogP contribution in [0.4, 0.5) is 11.4 Å². The van der Waals surface area contributed by atoms with Gasteiger partial charge in [0.1, 0.15) is 6.42 Å². The van der Waals surface area contributed by atoms with Gasteiger partial charge >= 0.3 is 5.97 Å². The predicted octanol–water partition coefficient (Wildman–Crippen LogP) is 3.29. The Morgan fingerprint density at radius 2 is 1.85 bits per heavy atom. The third-order valence-corrected chi connectivity index (χ3v) is 3.24. The van der Waals surface area contributed by atoms with Gasteiger partial charge in [-0.15, -0.1) is 0 Å². The topological polar surface area (TPSA) is 67.4 Å². The highest BCUT2D eigenvalue weighted by atomic mass is 127. The summed E-state index contributed by atoms with van der Waals surface area (Å²) < 4.78 is 6.63. The molecule has 0 bridgehead atoms. The Hall–Kier alpha value is -1.57. The third kappa shape index (κ3) is 5.60. The molecule has 0 fully saturated rings. The van der Waals surface area contributed by atoms with Crippen LogP contribution in [0.2, 0.25) is 0 Å². The normalized spacial score (nSPS) is 10.8. The van der Waals surface area contributed by atoms with Crippen molar-refractivity contribution in [2.75, 3.05) is 17.2 Å². The second-order valence-corrected chi connectivity index (χ2v) is 4.62. The van der Waals surface area contributed by atoms with E-state index in [4.69, 9.17) is 4.74 Å². The summed E-state index contributed by atoms with van der Waals surface area (Å²) in [6.45, 7) is 3.89. The van der Waals surface area contributed by atoms with E-state index in [0.29, 0.717) is 5.69 Å². The van der Waals surface area contributed by atoms with Gasteiger partial charge in [0.05, 0.1) is 18.0 Å². The average molecular weight is 388 g/mol. The van der Waals surface area contributed by atoms with Crippen LogP contribution in [0.1, 0.15) is 20.3 Å². The van der Waals surface area contributed by atoms with Crippen LogP contribution in [0.3, 0.4) is 0 Å². The molecule has 5 nitrogen and oxygen atoms in total. The predicted molar refractivity (Wildman–Crippen MR) is 87.7 cm³/mol. The lowest BCUT2D eigenvalue weighted by molar-refractivity contribution is -0.145. The first-order valence-electron chi connectivity index (χ1n) is 6.15. The van der Waals surface area contributed by atoms with Crippen molar-refractivity contribution < 1.29 is 14.3 Å². The second-order valence-electron chi connectivity index (χ2n) is 3.99. The molecule has 6 heteroatoms. The number of allylic oxidation sites excluding steroid dienone is 1. The number of anilines is 2. The maximum Gasteiger partial charge on any atom is 0.315 e. The number of nitrogens with one attached hydrogen (secondary N) is 2. The number of esters is 1. The van der Waals surface area contributed by atoms with Crippen molar-refractivity contribution in [1.29, 1.82) is 0 Å². The molecule has 1 aromatic rings. The smallest absolute Gasteiger partial charge is 0.315 e. The standard InChI is InChI=1S/C14H17IN2O3/c1-3-20-14(19)8-13(18)17-12-7-5-4-6-11(12)16-10(2)9-15/h4-7,9,16H,3,8H2,1-2H3,(H,17,18)/b10-9+. The summed E-state index contributed by atoms with van der Waals surface area (Å²) in [7, 11) is 0. The Balaban J connectivity index is 2.72. The lowest BCUT2D eigenvalue weighted by atomic mass is 10.2. The Kier molecular flexibility index (Phi) is 7.06. The molecule has 2 N–H and O–H groups in total. The van der Waals surface area contributed by atoms with E-state index in [1.165, 1.54) is 0 Å². The molecular weight excluding hydrogens is 371 g/mol. The first-order valence-corrected chi connectivity index (χ1v) is 7.40. The van der Waals surface area contributed by atoms with E-state index >= 15 is 0 Å². The van der Waals surface area contributed by atoms with Crippen LogP contribution in [-0.4, -0.2) is 18.5 Å². The van der Waals surface area contributed by atoms with Crippen molar-refractivity contribution in [3.05, 3.63) is 34.0 Å². The van der Waals surface area contributed by atoms with Gasteiger partial charge in [-0.05, 0) is 30.1 Å². The number of para-hydroxylation sites is 2. The van der Waals surface area contributed by atoms with Crippen LogP contribution in [0.25, 0.3) is 0 Å². The maximum atomic E-state index is 11.7. The Labute approximate surface area is 131 Å². The van der Waals surface area contributed by atoms with Gasteiger partial charge in [-0.25, -0.2) is 0 Å². The number of rotatable bonds is 6. The molecular formula is C14H17IN2O3. The second kappa shape index (κ2) is 8.57. The van der Waals surface area contributed by atoms with E-state index < -0.39 is 11.9 Å². The SMILES string of the molecule is CCOC(=O)CC(=O)Nc1ccccc1N/C(C)=C/I. The summed E-state index contributed by atoms with van der Waals surface area (Å²) in [4.78, 5) is 23.0. The van der Waals surface area contributed by atoms with E-state index in [1.807, 2.05) is 29.2 Å². The Morgan fingerprint density at radius 1 is 1.25 bits per heavy atom. The van der Waals surface area contributed by atoms with E-state index in [0.717, 1.165) is 11.4 Å². The van der Waals surface area contributed by atoms with Gasteiger partial charge in [0, 0.05) is 5.70 Å². The first-order chi connectivity index (χ1) is 9.56. The van der Waals surface area contributed by atoms with Gasteiger partial charge in [-0.3, -0.25) is 9.59 Å². The lowest BCUT2D eigenvalue weighted by Crippen LogP contribution is -2.18. The third-order valence-electron chi connectivity index (χ3n) is 2.31. The van der Waals surface area contributed by atoms with Crippen LogP contribution >= 0.6 is 22.6 Å². The van der Waals surface area contributed by atoms with E-state index in [1.54, 1.807) is 13.0 Å². The zero-order valence-corrected chi connectivity index (χ0v) is 13.6. The Bertz CT molecular complexity index is 515. The van der Waals surface area contributed by atoms with Crippen LogP contribution < -0.4 is 10.6 Å². The van der Waals surface area contributed by atoms with Crippen molar-refractivity contribution in [3.8, 4) is 0 Å². The molecule has 20 heavy (non-hydrogen) atoms. The van der Waals surface area contributed by atoms with Crippen molar-refractivity contribution in [2.45, 2.75) is 20.3 Å². The fraction of sp³-hybridized carbons (Fsp3) is 0.286. The van der Waals surface area contributed by atoms with Gasteiger partial charge in [0.2, 0.25) is 5.91 Å². The van der Waals surface area contributed by atoms with Crippen LogP contribution in [0.15, 0.2) is 34.0 Å². The number of amides is 1. The minimum Gasteiger partial charge on any atom is -0.466 e. The number of carbonyl (C=O) groups is 2. The molecule has 0 heterocycles. The van der Waals surface area contributed by atoms with Gasteiger partial charge in [-0.2, -0.15) is 0 Å². The van der Waals surface area contributed by atoms with Gasteiger partial charge in [-0.1, -0.05) is 34.7 Å². The molecule has 0 aromatic heterocycles. The van der Waals surface area contributed by atoms with Gasteiger partial charge < -0.3 is 15.4 Å². The zero-order chi connectivity index (χ0) is 15.0. The maximum absolute atomic E-state index is 11.7. The molecule has 0 atom stereocenters. The molecule has 0 radical (unpaired) electrons. The summed E-state index contributed by atoms with van der Waals surface area (Å²) in [5.74, 6) is -0.924. The van der Waals surface area contributed by atoms with Gasteiger partial charge in [0.25, 0.3) is 0 Å². The molecule has 0 spiro atoms. The summed E-state index contributed by atoms with van der Waals surface area (Å²) in [5, 5.41) is 5.86. The minimum absolute atomic E-state index is 0.268. The van der Waals surface area contributed by atoms with Crippen molar-refractivity contribution in [1.82, 2.24) is 0 Å². The molecule has 1 rings (SSSR count). The summed E-state index contributed by atoms with van der Waals surface area (Å²) in [5.41, 5.74) is 2.35. The Morgan fingerprint density at radius 3 is 2.40 bits per heavy atom. The van der Waals surface area contributed by atoms with Gasteiger partial charge in [0.15, 0.2) is 0 Å². The molecule has 108 valence electrons. The number of halogens is 1. The zero-order valence-electron chi connectivity index (χ0n) is 11.4. The quantitative estimate of drug-likeness (QED) is 0.446. The number of ether oxygens (including phenoxy) is 1. The lowest BCUT2D eigenvalue weighted by Gasteiger charge is -2.12. The van der Waals surface area contributed by atoms with Crippen LogP contribution in [0, 0.1) is 0 Å². The average Bonchev–Trinajstić information content (AvgIpc) is 2.40. The largest absolute Gasteiger partial charge is 0.466 e. The van der Waals surface area contributed by atoms with Crippen molar-refractivity contribution >= 4 is 45.8 Å². The molecule has 0 saturated carbocycles. The molecule has 0 aliphatic heterocycles. The molecule has 1 amide bonds. The van der Waals surface area contributed by atoms with Crippen molar-refractivity contribution in [3.63, 3.8) is 0 Å². The molecule has 0 aliphatic rings. The molecule has 0 saturated heterocycles. The summed E-state index contributed by atoms with van der Waals surface area (Å²) in [6, 6.07) is 7.30. The molecule has 0 unspecified atom stereocenters. The highest BCUT2D eigenvalue weighted by molar-refractivity contribution is 14.1. The number of hydrogen-bond donors (Lipinski definition) is 2. The number of benzene rings is 1. The number of hydrogen-bond acceptors (Lipinski definition) is 4. The first kappa shape index (κ1) is 16.5. The minimum atomic E-state index is -0.529. The van der Waals surface area contributed by atoms with E-state index in [-0.39, 0.29) is 13.0 Å². The monoisotopic (exact) mass is 388 g/mol. The fourth-order valence-electron chi connectivity index (χ4n) is 1.48. The van der Waals surface area contributed by atoms with Crippen LogP contribution in [-0.2, 0) is 14.3 Å².